The minimum absolute atomic E-state index is 0.0927. The molecule has 0 atom stereocenters. The summed E-state index contributed by atoms with van der Waals surface area (Å²) in [7, 11) is -3.58. The third-order valence-electron chi connectivity index (χ3n) is 2.25. The molecular formula is C15H23O5P. The molecule has 21 heavy (non-hydrogen) atoms. The van der Waals surface area contributed by atoms with E-state index < -0.39 is 25.3 Å². The van der Waals surface area contributed by atoms with Crippen molar-refractivity contribution in [1.29, 1.82) is 0 Å². The van der Waals surface area contributed by atoms with Crippen molar-refractivity contribution in [2.24, 2.45) is 0 Å². The lowest BCUT2D eigenvalue weighted by Crippen LogP contribution is -2.28. The highest BCUT2D eigenvalue weighted by molar-refractivity contribution is 7.54. The van der Waals surface area contributed by atoms with Gasteiger partial charge in [0.15, 0.2) is 5.60 Å². The van der Waals surface area contributed by atoms with E-state index >= 15 is 0 Å². The van der Waals surface area contributed by atoms with Gasteiger partial charge in [-0.2, -0.15) is 0 Å². The van der Waals surface area contributed by atoms with Gasteiger partial charge >= 0.3 is 13.6 Å². The Kier molecular flexibility index (Phi) is 8.96. The van der Waals surface area contributed by atoms with E-state index in [9.17, 15) is 9.36 Å². The predicted octanol–water partition coefficient (Wildman–Crippen LogP) is 3.32. The van der Waals surface area contributed by atoms with Crippen LogP contribution in [0, 0.1) is 12.3 Å². The van der Waals surface area contributed by atoms with Crippen LogP contribution < -0.4 is 0 Å². The number of carbonyl (C=O) groups is 1. The quantitative estimate of drug-likeness (QED) is 0.283. The summed E-state index contributed by atoms with van der Waals surface area (Å²) in [6.45, 7) is 6.93. The van der Waals surface area contributed by atoms with E-state index in [1.165, 1.54) is 0 Å². The number of hydrogen-bond donors (Lipinski definition) is 0. The number of carbonyl (C=O) groups excluding carboxylic acids is 1. The maximum Gasteiger partial charge on any atom is 0.342 e. The van der Waals surface area contributed by atoms with Gasteiger partial charge in [0, 0.05) is 0 Å². The third kappa shape index (κ3) is 9.25. The molecule has 0 rings (SSSR count). The van der Waals surface area contributed by atoms with Crippen LogP contribution in [-0.2, 0) is 23.1 Å². The van der Waals surface area contributed by atoms with Gasteiger partial charge in [0.2, 0.25) is 0 Å². The van der Waals surface area contributed by atoms with Crippen molar-refractivity contribution in [3.05, 3.63) is 24.3 Å². The molecule has 0 aromatic rings. The minimum atomic E-state index is -3.58. The van der Waals surface area contributed by atoms with Gasteiger partial charge in [-0.1, -0.05) is 30.2 Å². The van der Waals surface area contributed by atoms with Crippen molar-refractivity contribution in [1.82, 2.24) is 0 Å². The zero-order valence-electron chi connectivity index (χ0n) is 13.0. The second-order valence-corrected chi connectivity index (χ2v) is 6.68. The molecule has 0 spiro atoms. The fourth-order valence-corrected chi connectivity index (χ4v) is 2.40. The number of rotatable bonds is 9. The van der Waals surface area contributed by atoms with Crippen LogP contribution in [0.1, 0.15) is 27.7 Å². The van der Waals surface area contributed by atoms with Gasteiger partial charge in [0.05, 0.1) is 13.2 Å². The first-order chi connectivity index (χ1) is 9.78. The molecule has 0 bridgehead atoms. The van der Waals surface area contributed by atoms with Crippen LogP contribution in [0.5, 0.6) is 0 Å². The topological polar surface area (TPSA) is 61.8 Å². The Balaban J connectivity index is 4.76. The average Bonchev–Trinajstić information content (AvgIpc) is 2.38. The highest BCUT2D eigenvalue weighted by atomic mass is 31.2. The number of esters is 1. The fourth-order valence-electron chi connectivity index (χ4n) is 1.14. The molecule has 0 aromatic heterocycles. The Bertz CT molecular complexity index is 451. The summed E-state index contributed by atoms with van der Waals surface area (Å²) in [6.07, 6.45) is 11.6. The van der Waals surface area contributed by atoms with E-state index in [-0.39, 0.29) is 13.2 Å². The highest BCUT2D eigenvalue weighted by Gasteiger charge is 2.31. The first-order valence-corrected chi connectivity index (χ1v) is 8.31. The molecule has 0 saturated heterocycles. The van der Waals surface area contributed by atoms with Crippen molar-refractivity contribution < 1.29 is 23.1 Å². The zero-order chi connectivity index (χ0) is 16.4. The van der Waals surface area contributed by atoms with Gasteiger partial charge in [-0.15, -0.1) is 6.42 Å². The summed E-state index contributed by atoms with van der Waals surface area (Å²) < 4.78 is 27.9. The van der Waals surface area contributed by atoms with Crippen molar-refractivity contribution in [3.63, 3.8) is 0 Å². The second kappa shape index (κ2) is 9.57. The number of hydrogen-bond acceptors (Lipinski definition) is 5. The van der Waals surface area contributed by atoms with Crippen LogP contribution >= 0.6 is 7.60 Å². The average molecular weight is 314 g/mol. The summed E-state index contributed by atoms with van der Waals surface area (Å²) in [4.78, 5) is 11.8. The second-order valence-electron chi connectivity index (χ2n) is 4.63. The van der Waals surface area contributed by atoms with Gasteiger partial charge in [-0.05, 0) is 27.7 Å². The molecule has 0 aromatic carbocycles. The maximum absolute atomic E-state index is 12.5. The van der Waals surface area contributed by atoms with Gasteiger partial charge in [-0.3, -0.25) is 9.36 Å². The molecular weight excluding hydrogens is 291 g/mol. The standard InChI is InChI=1S/C15H23O5P/c1-6-9-11-18-21(17,19-12-10-7-2)13-14(16)20-15(4,5)8-3/h3,6-7,9-10H,11-13H2,1-2,4-5H3. The third-order valence-corrected chi connectivity index (χ3v) is 3.98. The lowest BCUT2D eigenvalue weighted by Gasteiger charge is -2.21. The van der Waals surface area contributed by atoms with Gasteiger partial charge < -0.3 is 13.8 Å². The van der Waals surface area contributed by atoms with Gasteiger partial charge in [-0.25, -0.2) is 0 Å². The fraction of sp³-hybridized carbons (Fsp3) is 0.533. The Hall–Kier alpha value is -1.34. The van der Waals surface area contributed by atoms with Crippen LogP contribution in [0.15, 0.2) is 24.3 Å². The smallest absolute Gasteiger partial charge is 0.342 e. The van der Waals surface area contributed by atoms with E-state index in [1.807, 2.05) is 0 Å². The van der Waals surface area contributed by atoms with Crippen molar-refractivity contribution in [2.45, 2.75) is 33.3 Å². The predicted molar refractivity (Wildman–Crippen MR) is 83.0 cm³/mol. The van der Waals surface area contributed by atoms with Crippen LogP contribution in [-0.4, -0.2) is 30.9 Å². The summed E-state index contributed by atoms with van der Waals surface area (Å²) in [6, 6.07) is 0. The Morgan fingerprint density at radius 2 is 1.67 bits per heavy atom. The summed E-state index contributed by atoms with van der Waals surface area (Å²) >= 11 is 0. The Morgan fingerprint density at radius 1 is 1.19 bits per heavy atom. The minimum Gasteiger partial charge on any atom is -0.446 e. The molecule has 6 heteroatoms. The molecule has 118 valence electrons. The van der Waals surface area contributed by atoms with E-state index in [0.717, 1.165) is 0 Å². The van der Waals surface area contributed by atoms with Crippen LogP contribution in [0.4, 0.5) is 0 Å². The first-order valence-electron chi connectivity index (χ1n) is 6.58. The number of ether oxygens (including phenoxy) is 1. The SMILES string of the molecule is C#CC(C)(C)OC(=O)CP(=O)(OCC=CC)OCC=CC. The van der Waals surface area contributed by atoms with Gasteiger partial charge in [0.1, 0.15) is 6.16 Å². The molecule has 0 radical (unpaired) electrons. The first kappa shape index (κ1) is 19.7. The lowest BCUT2D eigenvalue weighted by molar-refractivity contribution is -0.148. The van der Waals surface area contributed by atoms with E-state index in [1.54, 1.807) is 52.0 Å². The van der Waals surface area contributed by atoms with Crippen molar-refractivity contribution in [3.8, 4) is 12.3 Å². The molecule has 0 aliphatic carbocycles. The molecule has 0 N–H and O–H groups in total. The molecule has 0 saturated carbocycles. The molecule has 0 heterocycles. The normalized spacial score (nSPS) is 15.0. The maximum atomic E-state index is 12.5. The largest absolute Gasteiger partial charge is 0.446 e. The number of terminal acetylenes is 1. The summed E-state index contributed by atoms with van der Waals surface area (Å²) in [5.41, 5.74) is -1.06. The monoisotopic (exact) mass is 314 g/mol. The highest BCUT2D eigenvalue weighted by Crippen LogP contribution is 2.48. The Labute approximate surface area is 126 Å². The Morgan fingerprint density at radius 3 is 2.05 bits per heavy atom. The summed E-state index contributed by atoms with van der Waals surface area (Å²) in [5.74, 6) is 1.61. The zero-order valence-corrected chi connectivity index (χ0v) is 13.9. The van der Waals surface area contributed by atoms with Crippen LogP contribution in [0.2, 0.25) is 0 Å². The summed E-state index contributed by atoms with van der Waals surface area (Å²) in [5, 5.41) is 0. The molecule has 0 unspecified atom stereocenters. The number of allylic oxidation sites excluding steroid dienone is 2. The molecule has 0 aliphatic heterocycles. The van der Waals surface area contributed by atoms with E-state index in [0.29, 0.717) is 0 Å². The van der Waals surface area contributed by atoms with E-state index in [2.05, 4.69) is 5.92 Å². The van der Waals surface area contributed by atoms with Crippen molar-refractivity contribution in [2.75, 3.05) is 19.4 Å². The van der Waals surface area contributed by atoms with E-state index in [4.69, 9.17) is 20.2 Å². The molecule has 0 amide bonds. The molecule has 5 nitrogen and oxygen atoms in total. The van der Waals surface area contributed by atoms with Crippen LogP contribution in [0.3, 0.4) is 0 Å². The molecule has 0 fully saturated rings. The van der Waals surface area contributed by atoms with Crippen LogP contribution in [0.25, 0.3) is 0 Å². The van der Waals surface area contributed by atoms with Gasteiger partial charge in [0.25, 0.3) is 0 Å². The van der Waals surface area contributed by atoms with Crippen molar-refractivity contribution >= 4 is 13.6 Å². The lowest BCUT2D eigenvalue weighted by atomic mass is 10.1. The molecule has 0 aliphatic rings.